The molecule has 1 aromatic carbocycles. The third-order valence-electron chi connectivity index (χ3n) is 5.33. The molecule has 2 bridgehead atoms. The number of hydrogen-bond acceptors (Lipinski definition) is 7. The zero-order valence-corrected chi connectivity index (χ0v) is 16.6. The second-order valence-electron chi connectivity index (χ2n) is 6.97. The molecule has 2 N–H and O–H groups in total. The van der Waals surface area contributed by atoms with Crippen LogP contribution in [0.4, 0.5) is 17.3 Å². The molecule has 0 spiro atoms. The summed E-state index contributed by atoms with van der Waals surface area (Å²) in [6, 6.07) is 8.56. The van der Waals surface area contributed by atoms with E-state index in [4.69, 9.17) is 32.9 Å². The maximum Gasteiger partial charge on any atom is 0.162 e. The summed E-state index contributed by atoms with van der Waals surface area (Å²) >= 11 is 12.4. The third-order valence-corrected chi connectivity index (χ3v) is 6.11. The summed E-state index contributed by atoms with van der Waals surface area (Å²) in [4.78, 5) is 16.0. The average Bonchev–Trinajstić information content (AvgIpc) is 3.35. The van der Waals surface area contributed by atoms with Crippen LogP contribution in [0.2, 0.25) is 10.0 Å². The predicted molar refractivity (Wildman–Crippen MR) is 111 cm³/mol. The van der Waals surface area contributed by atoms with Crippen molar-refractivity contribution in [2.45, 2.75) is 18.5 Å². The smallest absolute Gasteiger partial charge is 0.162 e. The summed E-state index contributed by atoms with van der Waals surface area (Å²) in [5.41, 5.74) is 2.13. The molecule has 144 valence electrons. The first-order chi connectivity index (χ1) is 13.6. The van der Waals surface area contributed by atoms with Gasteiger partial charge in [-0.3, -0.25) is 0 Å². The highest BCUT2D eigenvalue weighted by molar-refractivity contribution is 6.43. The Bertz CT molecular complexity index is 1060. The molecule has 2 fully saturated rings. The summed E-state index contributed by atoms with van der Waals surface area (Å²) in [5.74, 6) is 1.99. The number of hydrogen-bond donors (Lipinski definition) is 2. The summed E-state index contributed by atoms with van der Waals surface area (Å²) < 4.78 is 5.42. The van der Waals surface area contributed by atoms with Gasteiger partial charge in [-0.2, -0.15) is 0 Å². The number of benzene rings is 1. The number of ether oxygens (including phenoxy) is 1. The first-order valence-corrected chi connectivity index (χ1v) is 9.80. The minimum Gasteiger partial charge on any atom is -0.493 e. The van der Waals surface area contributed by atoms with Crippen LogP contribution < -0.4 is 20.3 Å². The number of halogens is 2. The lowest BCUT2D eigenvalue weighted by Gasteiger charge is -2.28. The van der Waals surface area contributed by atoms with E-state index in [0.717, 1.165) is 30.8 Å². The van der Waals surface area contributed by atoms with Crippen LogP contribution in [-0.4, -0.2) is 47.2 Å². The Hall–Kier alpha value is -2.35. The lowest BCUT2D eigenvalue weighted by Crippen LogP contribution is -2.44. The first kappa shape index (κ1) is 17.7. The minimum atomic E-state index is 0.349. The molecule has 0 amide bonds. The van der Waals surface area contributed by atoms with Crippen LogP contribution in [0.15, 0.2) is 30.6 Å². The SMILES string of the molecule is COc1c(Nc2ncnc3ccc(N4C[C@@H]5C[C@H]4CN5)nc23)ccc(Cl)c1Cl. The molecular weight excluding hydrogens is 399 g/mol. The highest BCUT2D eigenvalue weighted by Crippen LogP contribution is 2.40. The van der Waals surface area contributed by atoms with E-state index in [1.54, 1.807) is 19.2 Å². The van der Waals surface area contributed by atoms with Crippen molar-refractivity contribution in [3.05, 3.63) is 40.6 Å². The largest absolute Gasteiger partial charge is 0.493 e. The Morgan fingerprint density at radius 3 is 2.86 bits per heavy atom. The van der Waals surface area contributed by atoms with Crippen LogP contribution in [0.1, 0.15) is 6.42 Å². The van der Waals surface area contributed by atoms with E-state index in [1.165, 1.54) is 6.33 Å². The number of fused-ring (bicyclic) bond motifs is 3. The Balaban J connectivity index is 1.55. The molecule has 28 heavy (non-hydrogen) atoms. The monoisotopic (exact) mass is 416 g/mol. The molecule has 0 radical (unpaired) electrons. The van der Waals surface area contributed by atoms with Crippen LogP contribution in [0, 0.1) is 0 Å². The quantitative estimate of drug-likeness (QED) is 0.672. The molecule has 9 heteroatoms. The Kier molecular flexibility index (Phi) is 4.38. The molecule has 7 nitrogen and oxygen atoms in total. The summed E-state index contributed by atoms with van der Waals surface area (Å²) in [6.45, 7) is 1.97. The van der Waals surface area contributed by atoms with Gasteiger partial charge in [0.1, 0.15) is 22.7 Å². The van der Waals surface area contributed by atoms with Gasteiger partial charge in [-0.1, -0.05) is 23.2 Å². The normalized spacial score (nSPS) is 20.8. The number of nitrogens with zero attached hydrogens (tertiary/aromatic N) is 4. The van der Waals surface area contributed by atoms with Crippen molar-refractivity contribution in [1.29, 1.82) is 0 Å². The van der Waals surface area contributed by atoms with Gasteiger partial charge in [-0.25, -0.2) is 15.0 Å². The van der Waals surface area contributed by atoms with Gasteiger partial charge >= 0.3 is 0 Å². The second-order valence-corrected chi connectivity index (χ2v) is 7.76. The first-order valence-electron chi connectivity index (χ1n) is 9.05. The molecule has 0 aliphatic carbocycles. The minimum absolute atomic E-state index is 0.349. The topological polar surface area (TPSA) is 75.2 Å². The van der Waals surface area contributed by atoms with E-state index in [9.17, 15) is 0 Å². The predicted octanol–water partition coefficient (Wildman–Crippen LogP) is 3.63. The van der Waals surface area contributed by atoms with E-state index in [-0.39, 0.29) is 0 Å². The Labute approximate surface area is 172 Å². The van der Waals surface area contributed by atoms with Crippen LogP contribution in [0.25, 0.3) is 11.0 Å². The molecule has 2 aromatic heterocycles. The molecular formula is C19H18Cl2N6O. The molecule has 3 aromatic rings. The van der Waals surface area contributed by atoms with Gasteiger partial charge in [0.2, 0.25) is 0 Å². The number of methoxy groups -OCH3 is 1. The van der Waals surface area contributed by atoms with E-state index in [0.29, 0.717) is 44.9 Å². The van der Waals surface area contributed by atoms with E-state index in [2.05, 4.69) is 25.5 Å². The van der Waals surface area contributed by atoms with Gasteiger partial charge in [-0.15, -0.1) is 0 Å². The lowest BCUT2D eigenvalue weighted by atomic mass is 10.2. The second kappa shape index (κ2) is 6.92. The van der Waals surface area contributed by atoms with Crippen LogP contribution in [0.3, 0.4) is 0 Å². The number of pyridine rings is 1. The van der Waals surface area contributed by atoms with E-state index >= 15 is 0 Å². The number of piperazine rings is 1. The molecule has 2 atom stereocenters. The average molecular weight is 417 g/mol. The maximum atomic E-state index is 6.27. The fourth-order valence-electron chi connectivity index (χ4n) is 3.98. The number of rotatable bonds is 4. The van der Waals surface area contributed by atoms with Gasteiger partial charge in [0.05, 0.1) is 23.3 Å². The van der Waals surface area contributed by atoms with Crippen molar-refractivity contribution in [2.24, 2.45) is 0 Å². The third kappa shape index (κ3) is 2.90. The van der Waals surface area contributed by atoms with Crippen molar-refractivity contribution < 1.29 is 4.74 Å². The molecule has 2 aliphatic rings. The highest BCUT2D eigenvalue weighted by Gasteiger charge is 2.38. The molecule has 2 saturated heterocycles. The summed E-state index contributed by atoms with van der Waals surface area (Å²) in [5, 5.41) is 7.56. The van der Waals surface area contributed by atoms with Crippen LogP contribution in [0.5, 0.6) is 5.75 Å². The highest BCUT2D eigenvalue weighted by atomic mass is 35.5. The molecule has 4 heterocycles. The molecule has 0 unspecified atom stereocenters. The van der Waals surface area contributed by atoms with E-state index in [1.807, 2.05) is 12.1 Å². The Morgan fingerprint density at radius 2 is 2.11 bits per heavy atom. The van der Waals surface area contributed by atoms with Gasteiger partial charge in [-0.05, 0) is 30.7 Å². The van der Waals surface area contributed by atoms with Crippen molar-refractivity contribution >= 4 is 51.6 Å². The van der Waals surface area contributed by atoms with Crippen molar-refractivity contribution in [3.63, 3.8) is 0 Å². The summed E-state index contributed by atoms with van der Waals surface area (Å²) in [7, 11) is 1.55. The molecule has 5 rings (SSSR count). The molecule has 2 aliphatic heterocycles. The molecule has 0 saturated carbocycles. The van der Waals surface area contributed by atoms with Gasteiger partial charge in [0.25, 0.3) is 0 Å². The standard InChI is InChI=1S/C19H18Cl2N6O/c1-28-18-14(3-2-12(20)16(18)21)25-19-17-13(23-9-24-19)4-5-15(26-17)27-8-10-6-11(27)7-22-10/h2-5,9-11,22H,6-8H2,1H3,(H,23,24,25)/t10-,11-/m0/s1. The zero-order chi connectivity index (χ0) is 19.3. The fraction of sp³-hybridized carbons (Fsp3) is 0.316. The maximum absolute atomic E-state index is 6.27. The van der Waals surface area contributed by atoms with Crippen LogP contribution in [-0.2, 0) is 0 Å². The van der Waals surface area contributed by atoms with Crippen molar-refractivity contribution in [3.8, 4) is 5.75 Å². The summed E-state index contributed by atoms with van der Waals surface area (Å²) in [6.07, 6.45) is 2.67. The van der Waals surface area contributed by atoms with Gasteiger partial charge in [0, 0.05) is 25.2 Å². The Morgan fingerprint density at radius 1 is 1.21 bits per heavy atom. The van der Waals surface area contributed by atoms with Gasteiger partial charge in [0.15, 0.2) is 11.6 Å². The number of nitrogens with one attached hydrogen (secondary N) is 2. The van der Waals surface area contributed by atoms with Crippen molar-refractivity contribution in [1.82, 2.24) is 20.3 Å². The number of aromatic nitrogens is 3. The lowest BCUT2D eigenvalue weighted by molar-refractivity contribution is 0.417. The number of anilines is 3. The van der Waals surface area contributed by atoms with E-state index < -0.39 is 0 Å². The van der Waals surface area contributed by atoms with Crippen LogP contribution >= 0.6 is 23.2 Å². The fourth-order valence-corrected chi connectivity index (χ4v) is 4.37. The zero-order valence-electron chi connectivity index (χ0n) is 15.1. The van der Waals surface area contributed by atoms with Gasteiger partial charge < -0.3 is 20.3 Å². The van der Waals surface area contributed by atoms with Crippen molar-refractivity contribution in [2.75, 3.05) is 30.4 Å².